The molecule has 0 aliphatic carbocycles. The van der Waals surface area contributed by atoms with E-state index in [1.807, 2.05) is 49.4 Å². The maximum Gasteiger partial charge on any atom is 0.273 e. The lowest BCUT2D eigenvalue weighted by Gasteiger charge is -2.24. The van der Waals surface area contributed by atoms with Crippen LogP contribution in [0.15, 0.2) is 65.7 Å². The summed E-state index contributed by atoms with van der Waals surface area (Å²) in [7, 11) is 1.37. The van der Waals surface area contributed by atoms with Gasteiger partial charge in [-0.2, -0.15) is 0 Å². The highest BCUT2D eigenvalue weighted by molar-refractivity contribution is 8.15. The molecule has 2 amide bonds. The van der Waals surface area contributed by atoms with Crippen molar-refractivity contribution in [3.8, 4) is 5.75 Å². The first-order valence-corrected chi connectivity index (χ1v) is 12.9. The Bertz CT molecular complexity index is 1370. The summed E-state index contributed by atoms with van der Waals surface area (Å²) in [4.78, 5) is 43.5. The number of hydrogen-bond donors (Lipinski definition) is 1. The van der Waals surface area contributed by atoms with E-state index >= 15 is 0 Å². The molecule has 0 spiro atoms. The summed E-state index contributed by atoms with van der Waals surface area (Å²) in [5.41, 5.74) is 0.920. The number of nitro groups is 1. The van der Waals surface area contributed by atoms with E-state index in [4.69, 9.17) is 9.73 Å². The van der Waals surface area contributed by atoms with Gasteiger partial charge in [0.1, 0.15) is 11.0 Å². The smallest absolute Gasteiger partial charge is 0.273 e. The number of thioether (sulfide) groups is 1. The maximum atomic E-state index is 13.5. The van der Waals surface area contributed by atoms with Crippen molar-refractivity contribution in [1.29, 1.82) is 0 Å². The number of benzene rings is 3. The average Bonchev–Trinajstić information content (AvgIpc) is 3.18. The van der Waals surface area contributed by atoms with Crippen LogP contribution in [0.5, 0.6) is 5.75 Å². The topological polar surface area (TPSA) is 114 Å². The Morgan fingerprint density at radius 3 is 2.70 bits per heavy atom. The van der Waals surface area contributed by atoms with Crippen molar-refractivity contribution in [1.82, 2.24) is 4.90 Å². The van der Waals surface area contributed by atoms with Crippen LogP contribution in [0.25, 0.3) is 10.8 Å². The quantitative estimate of drug-likeness (QED) is 0.277. The molecular weight excluding hydrogens is 492 g/mol. The third-order valence-corrected chi connectivity index (χ3v) is 7.29. The van der Waals surface area contributed by atoms with Crippen molar-refractivity contribution in [3.05, 3.63) is 70.8 Å². The van der Waals surface area contributed by atoms with Gasteiger partial charge in [-0.25, -0.2) is 4.99 Å². The number of carbonyl (C=O) groups excluding carboxylic acids is 2. The van der Waals surface area contributed by atoms with Gasteiger partial charge in [-0.15, -0.1) is 0 Å². The number of rotatable bonds is 9. The zero-order valence-corrected chi connectivity index (χ0v) is 21.7. The molecule has 3 aromatic rings. The van der Waals surface area contributed by atoms with E-state index in [9.17, 15) is 19.7 Å². The molecule has 1 fully saturated rings. The van der Waals surface area contributed by atoms with Gasteiger partial charge in [0, 0.05) is 23.9 Å². The van der Waals surface area contributed by atoms with Crippen molar-refractivity contribution in [2.24, 2.45) is 4.99 Å². The number of nitrogens with one attached hydrogen (secondary N) is 1. The van der Waals surface area contributed by atoms with Gasteiger partial charge in [0.15, 0.2) is 5.17 Å². The largest absolute Gasteiger partial charge is 0.494 e. The number of nitrogens with zero attached hydrogens (tertiary/aromatic N) is 3. The molecule has 1 N–H and O–H groups in total. The van der Waals surface area contributed by atoms with E-state index < -0.39 is 16.1 Å². The van der Waals surface area contributed by atoms with Crippen molar-refractivity contribution < 1.29 is 19.2 Å². The van der Waals surface area contributed by atoms with Crippen molar-refractivity contribution in [3.63, 3.8) is 0 Å². The first kappa shape index (κ1) is 26.2. The van der Waals surface area contributed by atoms with Gasteiger partial charge in [-0.05, 0) is 30.9 Å². The van der Waals surface area contributed by atoms with Gasteiger partial charge >= 0.3 is 0 Å². The van der Waals surface area contributed by atoms with Crippen LogP contribution in [-0.2, 0) is 9.59 Å². The van der Waals surface area contributed by atoms with Gasteiger partial charge in [-0.1, -0.05) is 61.5 Å². The van der Waals surface area contributed by atoms with Crippen molar-refractivity contribution in [2.45, 2.75) is 44.4 Å². The number of methoxy groups -OCH3 is 1. The molecule has 0 aromatic heterocycles. The lowest BCUT2D eigenvalue weighted by atomic mass is 10.1. The van der Waals surface area contributed by atoms with E-state index in [2.05, 4.69) is 12.2 Å². The normalized spacial score (nSPS) is 17.3. The standard InChI is InChI=1S/C27H28N4O5S/c1-4-8-17(2)30-26(33)24(16-25(32)28-22-14-13-19(31(34)35)15-23(22)36-3)37-27(30)29-21-12-7-10-18-9-5-6-11-20(18)21/h5-7,9-15,17,24H,4,8,16H2,1-3H3,(H,28,32)/t17-,24-/m0/s1. The highest BCUT2D eigenvalue weighted by atomic mass is 32.2. The zero-order chi connectivity index (χ0) is 26.5. The average molecular weight is 521 g/mol. The van der Waals surface area contributed by atoms with Crippen LogP contribution in [-0.4, -0.2) is 45.2 Å². The first-order chi connectivity index (χ1) is 17.8. The molecule has 1 heterocycles. The van der Waals surface area contributed by atoms with Crippen LogP contribution in [0.1, 0.15) is 33.1 Å². The van der Waals surface area contributed by atoms with Crippen LogP contribution in [0.2, 0.25) is 0 Å². The van der Waals surface area contributed by atoms with Crippen LogP contribution < -0.4 is 10.1 Å². The highest BCUT2D eigenvalue weighted by Gasteiger charge is 2.41. The highest BCUT2D eigenvalue weighted by Crippen LogP contribution is 2.36. The Morgan fingerprint density at radius 1 is 1.22 bits per heavy atom. The lowest BCUT2D eigenvalue weighted by Crippen LogP contribution is -2.40. The van der Waals surface area contributed by atoms with Gasteiger partial charge in [0.05, 0.1) is 29.5 Å². The van der Waals surface area contributed by atoms with E-state index in [0.717, 1.165) is 29.3 Å². The van der Waals surface area contributed by atoms with Crippen LogP contribution in [0, 0.1) is 10.1 Å². The molecule has 192 valence electrons. The molecule has 4 rings (SSSR count). The molecule has 9 nitrogen and oxygen atoms in total. The fourth-order valence-corrected chi connectivity index (χ4v) is 5.56. The summed E-state index contributed by atoms with van der Waals surface area (Å²) in [6.07, 6.45) is 1.63. The lowest BCUT2D eigenvalue weighted by molar-refractivity contribution is -0.384. The Hall–Kier alpha value is -3.92. The number of carbonyl (C=O) groups is 2. The van der Waals surface area contributed by atoms with E-state index in [1.165, 1.54) is 37.1 Å². The van der Waals surface area contributed by atoms with Gasteiger partial charge in [-0.3, -0.25) is 24.6 Å². The molecule has 1 saturated heterocycles. The number of amidine groups is 1. The van der Waals surface area contributed by atoms with E-state index in [0.29, 0.717) is 10.9 Å². The third kappa shape index (κ3) is 5.75. The zero-order valence-electron chi connectivity index (χ0n) is 20.8. The monoisotopic (exact) mass is 520 g/mol. The Labute approximate surface area is 219 Å². The Morgan fingerprint density at radius 2 is 1.97 bits per heavy atom. The number of nitro benzene ring substituents is 1. The molecule has 3 aromatic carbocycles. The van der Waals surface area contributed by atoms with Gasteiger partial charge in [0.25, 0.3) is 5.69 Å². The van der Waals surface area contributed by atoms with Crippen molar-refractivity contribution in [2.75, 3.05) is 12.4 Å². The van der Waals surface area contributed by atoms with E-state index in [-0.39, 0.29) is 29.8 Å². The summed E-state index contributed by atoms with van der Waals surface area (Å²) in [5.74, 6) is -0.382. The summed E-state index contributed by atoms with van der Waals surface area (Å²) in [5, 5.41) is 15.7. The first-order valence-electron chi connectivity index (χ1n) is 12.0. The number of anilines is 1. The number of hydrogen-bond acceptors (Lipinski definition) is 7. The summed E-state index contributed by atoms with van der Waals surface area (Å²) >= 11 is 1.28. The number of fused-ring (bicyclic) bond motifs is 1. The minimum Gasteiger partial charge on any atom is -0.494 e. The number of amides is 2. The van der Waals surface area contributed by atoms with Gasteiger partial charge in [0.2, 0.25) is 11.8 Å². The Balaban J connectivity index is 1.58. The predicted molar refractivity (Wildman–Crippen MR) is 147 cm³/mol. The van der Waals surface area contributed by atoms with E-state index in [1.54, 1.807) is 4.90 Å². The van der Waals surface area contributed by atoms with Crippen LogP contribution in [0.3, 0.4) is 0 Å². The molecule has 0 saturated carbocycles. The molecule has 1 aliphatic heterocycles. The molecule has 37 heavy (non-hydrogen) atoms. The summed E-state index contributed by atoms with van der Waals surface area (Å²) in [6, 6.07) is 17.7. The molecule has 2 atom stereocenters. The second-order valence-corrected chi connectivity index (χ2v) is 9.91. The number of ether oxygens (including phenoxy) is 1. The minimum absolute atomic E-state index is 0.0680. The third-order valence-electron chi connectivity index (χ3n) is 6.14. The van der Waals surface area contributed by atoms with Crippen LogP contribution >= 0.6 is 11.8 Å². The molecule has 10 heteroatoms. The SMILES string of the molecule is CCC[C@H](C)N1C(=O)[C@H](CC(=O)Nc2ccc([N+](=O)[O-])cc2OC)SC1=Nc1cccc2ccccc12. The van der Waals surface area contributed by atoms with Gasteiger partial charge < -0.3 is 10.1 Å². The predicted octanol–water partition coefficient (Wildman–Crippen LogP) is 5.91. The molecule has 1 aliphatic rings. The number of non-ortho nitro benzene ring substituents is 1. The molecular formula is C27H28N4O5S. The summed E-state index contributed by atoms with van der Waals surface area (Å²) < 4.78 is 5.20. The molecule has 0 bridgehead atoms. The fourth-order valence-electron chi connectivity index (χ4n) is 4.32. The van der Waals surface area contributed by atoms with Crippen LogP contribution in [0.4, 0.5) is 17.1 Å². The molecule has 0 unspecified atom stereocenters. The summed E-state index contributed by atoms with van der Waals surface area (Å²) in [6.45, 7) is 4.05. The fraction of sp³-hybridized carbons (Fsp3) is 0.296. The second-order valence-electron chi connectivity index (χ2n) is 8.74. The maximum absolute atomic E-state index is 13.5. The van der Waals surface area contributed by atoms with Crippen molar-refractivity contribution >= 4 is 56.6 Å². The second kappa shape index (κ2) is 11.4. The number of aliphatic imine (C=N–C) groups is 1. The Kier molecular flexibility index (Phi) is 8.08. The minimum atomic E-state index is -0.642. The molecule has 0 radical (unpaired) electrons.